The van der Waals surface area contributed by atoms with Crippen molar-refractivity contribution in [2.24, 2.45) is 11.8 Å². The van der Waals surface area contributed by atoms with Crippen LogP contribution in [0.4, 0.5) is 0 Å². The Morgan fingerprint density at radius 3 is 1.88 bits per heavy atom. The van der Waals surface area contributed by atoms with Gasteiger partial charge in [0.25, 0.3) is 10.1 Å². The van der Waals surface area contributed by atoms with Crippen LogP contribution >= 0.6 is 0 Å². The molecular formula is C20H44NO3S+. The van der Waals surface area contributed by atoms with Crippen molar-refractivity contribution in [1.29, 1.82) is 0 Å². The maximum Gasteiger partial charge on any atom is 0.265 e. The van der Waals surface area contributed by atoms with Gasteiger partial charge in [-0.05, 0) is 31.1 Å². The summed E-state index contributed by atoms with van der Waals surface area (Å²) in [5, 5.41) is 0. The summed E-state index contributed by atoms with van der Waals surface area (Å²) in [5.74, 6) is 1.57. The van der Waals surface area contributed by atoms with E-state index < -0.39 is 10.1 Å². The Kier molecular flexibility index (Phi) is 13.0. The topological polar surface area (TPSA) is 54.4 Å². The van der Waals surface area contributed by atoms with Crippen molar-refractivity contribution in [2.75, 3.05) is 32.9 Å². The summed E-state index contributed by atoms with van der Waals surface area (Å²) in [5.41, 5.74) is 0. The lowest BCUT2D eigenvalue weighted by Gasteiger charge is -2.29. The number of rotatable bonds is 16. The van der Waals surface area contributed by atoms with E-state index in [9.17, 15) is 8.42 Å². The minimum atomic E-state index is -3.81. The van der Waals surface area contributed by atoms with Gasteiger partial charge < -0.3 is 4.48 Å². The summed E-state index contributed by atoms with van der Waals surface area (Å²) in [6, 6.07) is 0. The summed E-state index contributed by atoms with van der Waals surface area (Å²) in [6.45, 7) is 8.94. The maximum atomic E-state index is 10.8. The Hall–Kier alpha value is -0.130. The molecule has 0 aliphatic rings. The zero-order valence-electron chi connectivity index (χ0n) is 17.5. The van der Waals surface area contributed by atoms with Crippen LogP contribution in [0, 0.1) is 11.8 Å². The number of nitrogens with zero attached hydrogens (tertiary/aromatic N) is 1. The molecule has 0 aliphatic carbocycles. The van der Waals surface area contributed by atoms with E-state index in [0.29, 0.717) is 6.42 Å². The lowest BCUT2D eigenvalue weighted by atomic mass is 9.89. The Morgan fingerprint density at radius 2 is 1.36 bits per heavy atom. The zero-order chi connectivity index (χ0) is 19.3. The number of hydrogen-bond donors (Lipinski definition) is 1. The molecule has 0 aliphatic heterocycles. The molecule has 0 fully saturated rings. The average Bonchev–Trinajstić information content (AvgIpc) is 2.45. The Morgan fingerprint density at radius 1 is 0.840 bits per heavy atom. The second-order valence-electron chi connectivity index (χ2n) is 8.81. The molecule has 1 N–H and O–H groups in total. The van der Waals surface area contributed by atoms with Gasteiger partial charge >= 0.3 is 0 Å². The molecule has 0 aromatic rings. The molecule has 0 heterocycles. The molecule has 0 amide bonds. The van der Waals surface area contributed by atoms with E-state index in [1.165, 1.54) is 57.8 Å². The quantitative estimate of drug-likeness (QED) is 0.230. The lowest BCUT2D eigenvalue weighted by molar-refractivity contribution is -0.890. The fourth-order valence-electron chi connectivity index (χ4n) is 3.66. The molecule has 2 atom stereocenters. The van der Waals surface area contributed by atoms with Gasteiger partial charge in [-0.25, -0.2) is 0 Å². The van der Waals surface area contributed by atoms with Crippen molar-refractivity contribution in [3.8, 4) is 0 Å². The van der Waals surface area contributed by atoms with Crippen LogP contribution in [-0.4, -0.2) is 50.4 Å². The molecule has 25 heavy (non-hydrogen) atoms. The highest BCUT2D eigenvalue weighted by Gasteiger charge is 2.16. The summed E-state index contributed by atoms with van der Waals surface area (Å²) in [6.07, 6.45) is 12.4. The molecule has 5 heteroatoms. The lowest BCUT2D eigenvalue weighted by Crippen LogP contribution is -2.41. The van der Waals surface area contributed by atoms with E-state index in [1.54, 1.807) is 0 Å². The minimum absolute atomic E-state index is 0.122. The van der Waals surface area contributed by atoms with Crippen molar-refractivity contribution >= 4 is 10.1 Å². The van der Waals surface area contributed by atoms with E-state index in [0.717, 1.165) is 29.4 Å². The van der Waals surface area contributed by atoms with Gasteiger partial charge in [-0.3, -0.25) is 4.55 Å². The average molecular weight is 379 g/mol. The largest absolute Gasteiger partial charge is 0.328 e. The van der Waals surface area contributed by atoms with Crippen LogP contribution in [0.2, 0.25) is 0 Å². The Balaban J connectivity index is 3.72. The SMILES string of the molecule is CCCCCC(C)CC(C)CCCCC[N+](C)(C)CCCS(=O)(=O)O. The van der Waals surface area contributed by atoms with Gasteiger partial charge in [0.05, 0.1) is 32.9 Å². The van der Waals surface area contributed by atoms with Gasteiger partial charge in [0.2, 0.25) is 0 Å². The first-order valence-corrected chi connectivity index (χ1v) is 11.9. The Bertz CT molecular complexity index is 421. The second-order valence-corrected chi connectivity index (χ2v) is 10.4. The molecule has 4 nitrogen and oxygen atoms in total. The van der Waals surface area contributed by atoms with Crippen LogP contribution in [0.5, 0.6) is 0 Å². The van der Waals surface area contributed by atoms with Crippen LogP contribution in [0.1, 0.15) is 85.0 Å². The van der Waals surface area contributed by atoms with Gasteiger partial charge in [0.1, 0.15) is 0 Å². The van der Waals surface area contributed by atoms with E-state index in [-0.39, 0.29) is 5.75 Å². The second kappa shape index (κ2) is 13.1. The van der Waals surface area contributed by atoms with E-state index >= 15 is 0 Å². The van der Waals surface area contributed by atoms with Crippen molar-refractivity contribution in [3.63, 3.8) is 0 Å². The molecule has 0 radical (unpaired) electrons. The third-order valence-electron chi connectivity index (χ3n) is 5.23. The zero-order valence-corrected chi connectivity index (χ0v) is 18.3. The normalized spacial score (nSPS) is 15.3. The minimum Gasteiger partial charge on any atom is -0.328 e. The van der Waals surface area contributed by atoms with Crippen molar-refractivity contribution in [1.82, 2.24) is 0 Å². The number of hydrogen-bond acceptors (Lipinski definition) is 2. The van der Waals surface area contributed by atoms with Gasteiger partial charge in [-0.15, -0.1) is 0 Å². The predicted molar refractivity (Wildman–Crippen MR) is 108 cm³/mol. The third-order valence-corrected chi connectivity index (χ3v) is 6.04. The number of quaternary nitrogens is 1. The van der Waals surface area contributed by atoms with Crippen LogP contribution in [0.15, 0.2) is 0 Å². The van der Waals surface area contributed by atoms with Gasteiger partial charge in [0, 0.05) is 6.42 Å². The smallest absolute Gasteiger partial charge is 0.265 e. The standard InChI is InChI=1S/C20H43NO3S/c1-6-7-9-13-19(2)18-20(3)14-10-8-11-15-21(4,5)16-12-17-25(22,23)24/h19-20H,6-18H2,1-5H3/p+1. The first-order valence-electron chi connectivity index (χ1n) is 10.3. The van der Waals surface area contributed by atoms with Crippen LogP contribution in [0.25, 0.3) is 0 Å². The van der Waals surface area contributed by atoms with Crippen LogP contribution in [-0.2, 0) is 10.1 Å². The first kappa shape index (κ1) is 24.9. The molecule has 2 unspecified atom stereocenters. The highest BCUT2D eigenvalue weighted by atomic mass is 32.2. The summed E-state index contributed by atoms with van der Waals surface area (Å²) in [4.78, 5) is 0. The molecule has 0 aromatic heterocycles. The van der Waals surface area contributed by atoms with Crippen LogP contribution in [0.3, 0.4) is 0 Å². The first-order chi connectivity index (χ1) is 11.6. The monoisotopic (exact) mass is 378 g/mol. The fraction of sp³-hybridized carbons (Fsp3) is 1.00. The van der Waals surface area contributed by atoms with Gasteiger partial charge in [-0.1, -0.05) is 59.3 Å². The highest BCUT2D eigenvalue weighted by Crippen LogP contribution is 2.22. The van der Waals surface area contributed by atoms with E-state index in [4.69, 9.17) is 4.55 Å². The molecule has 0 rings (SSSR count). The highest BCUT2D eigenvalue weighted by molar-refractivity contribution is 7.85. The molecule has 0 saturated carbocycles. The summed E-state index contributed by atoms with van der Waals surface area (Å²) in [7, 11) is 0.474. The molecule has 0 spiro atoms. The van der Waals surface area contributed by atoms with Gasteiger partial charge in [-0.2, -0.15) is 8.42 Å². The van der Waals surface area contributed by atoms with Crippen molar-refractivity contribution in [3.05, 3.63) is 0 Å². The molecule has 152 valence electrons. The maximum absolute atomic E-state index is 10.8. The van der Waals surface area contributed by atoms with Gasteiger partial charge in [0.15, 0.2) is 0 Å². The van der Waals surface area contributed by atoms with E-state index in [2.05, 4.69) is 34.9 Å². The molecular weight excluding hydrogens is 334 g/mol. The van der Waals surface area contributed by atoms with Crippen molar-refractivity contribution < 1.29 is 17.5 Å². The summed E-state index contributed by atoms with van der Waals surface area (Å²) >= 11 is 0. The molecule has 0 bridgehead atoms. The third kappa shape index (κ3) is 17.1. The van der Waals surface area contributed by atoms with Crippen molar-refractivity contribution in [2.45, 2.75) is 85.0 Å². The predicted octanol–water partition coefficient (Wildman–Crippen LogP) is 5.14. The number of unbranched alkanes of at least 4 members (excludes halogenated alkanes) is 4. The fourth-order valence-corrected chi connectivity index (χ4v) is 4.16. The molecule has 0 saturated heterocycles. The van der Waals surface area contributed by atoms with Crippen LogP contribution < -0.4 is 0 Å². The molecule has 0 aromatic carbocycles. The summed E-state index contributed by atoms with van der Waals surface area (Å²) < 4.78 is 31.2. The van der Waals surface area contributed by atoms with E-state index in [1.807, 2.05) is 0 Å². The Labute approximate surface area is 157 Å².